The first kappa shape index (κ1) is 28.2. The van der Waals surface area contributed by atoms with Gasteiger partial charge in [0.05, 0.1) is 22.1 Å². The average Bonchev–Trinajstić information content (AvgIpc) is 3.71. The summed E-state index contributed by atoms with van der Waals surface area (Å²) < 4.78 is 4.50. The molecule has 0 atom stereocenters. The number of hydrogen-bond donors (Lipinski definition) is 0. The van der Waals surface area contributed by atoms with Gasteiger partial charge in [-0.25, -0.2) is 4.98 Å². The minimum Gasteiger partial charge on any atom is -0.309 e. The number of benzene rings is 7. The Labute approximate surface area is 288 Å². The van der Waals surface area contributed by atoms with Crippen LogP contribution in [0, 0.1) is 0 Å². The van der Waals surface area contributed by atoms with Crippen molar-refractivity contribution >= 4 is 43.6 Å². The molecule has 10 aromatic rings. The highest BCUT2D eigenvalue weighted by Crippen LogP contribution is 2.36. The second-order valence-electron chi connectivity index (χ2n) is 12.5. The van der Waals surface area contributed by atoms with Crippen molar-refractivity contribution in [2.24, 2.45) is 0 Å². The van der Waals surface area contributed by atoms with Crippen LogP contribution in [0.2, 0.25) is 0 Å². The van der Waals surface area contributed by atoms with Crippen LogP contribution in [0.3, 0.4) is 0 Å². The Bertz CT molecular complexity index is 2810. The molecule has 3 heterocycles. The molecule has 0 aliphatic rings. The molecule has 0 unspecified atom stereocenters. The number of para-hydroxylation sites is 3. The summed E-state index contributed by atoms with van der Waals surface area (Å²) in [4.78, 5) is 15.4. The molecule has 0 amide bonds. The zero-order chi connectivity index (χ0) is 33.0. The summed E-state index contributed by atoms with van der Waals surface area (Å²) in [5.74, 6) is 1.83. The van der Waals surface area contributed by atoms with E-state index < -0.39 is 0 Å². The second-order valence-corrected chi connectivity index (χ2v) is 12.5. The molecule has 0 spiro atoms. The molecule has 5 nitrogen and oxygen atoms in total. The van der Waals surface area contributed by atoms with E-state index in [1.807, 2.05) is 30.3 Å². The van der Waals surface area contributed by atoms with Gasteiger partial charge in [-0.1, -0.05) is 133 Å². The van der Waals surface area contributed by atoms with Crippen molar-refractivity contribution in [3.8, 4) is 45.5 Å². The third-order valence-corrected chi connectivity index (χ3v) is 9.58. The topological polar surface area (TPSA) is 48.5 Å². The van der Waals surface area contributed by atoms with Gasteiger partial charge >= 0.3 is 0 Å². The lowest BCUT2D eigenvalue weighted by atomic mass is 10.0. The molecule has 50 heavy (non-hydrogen) atoms. The molecule has 0 bridgehead atoms. The molecule has 7 aromatic carbocycles. The van der Waals surface area contributed by atoms with Crippen LogP contribution in [-0.4, -0.2) is 24.1 Å². The first-order chi connectivity index (χ1) is 24.8. The standard InChI is InChI=1S/C45H29N5/c1-3-14-30(15-4-1)32-26-27-42-38(29-32)37-22-9-10-23-39(37)49(42)34-19-13-18-33(28-34)44-46-43(31-16-5-2-6-17-31)47-45(48-44)50-40-24-11-7-20-35(40)36-21-8-12-25-41(36)50/h1-29H. The van der Waals surface area contributed by atoms with Gasteiger partial charge in [-0.3, -0.25) is 4.57 Å². The van der Waals surface area contributed by atoms with Crippen LogP contribution in [0.4, 0.5) is 0 Å². The molecule has 0 aliphatic heterocycles. The second kappa shape index (κ2) is 11.4. The Morgan fingerprint density at radius 3 is 1.46 bits per heavy atom. The molecule has 0 N–H and O–H groups in total. The molecule has 0 saturated heterocycles. The highest BCUT2D eigenvalue weighted by molar-refractivity contribution is 6.11. The van der Waals surface area contributed by atoms with Crippen molar-refractivity contribution in [3.05, 3.63) is 176 Å². The minimum absolute atomic E-state index is 0.585. The number of rotatable bonds is 5. The van der Waals surface area contributed by atoms with Crippen LogP contribution in [0.1, 0.15) is 0 Å². The van der Waals surface area contributed by atoms with Gasteiger partial charge in [0.1, 0.15) is 0 Å². The monoisotopic (exact) mass is 639 g/mol. The molecule has 234 valence electrons. The van der Waals surface area contributed by atoms with Gasteiger partial charge in [-0.15, -0.1) is 0 Å². The molecular weight excluding hydrogens is 611 g/mol. The molecule has 0 radical (unpaired) electrons. The lowest BCUT2D eigenvalue weighted by Crippen LogP contribution is -2.06. The van der Waals surface area contributed by atoms with Crippen molar-refractivity contribution in [1.29, 1.82) is 0 Å². The van der Waals surface area contributed by atoms with Crippen LogP contribution < -0.4 is 0 Å². The van der Waals surface area contributed by atoms with Gasteiger partial charge < -0.3 is 4.57 Å². The van der Waals surface area contributed by atoms with E-state index in [4.69, 9.17) is 15.0 Å². The van der Waals surface area contributed by atoms with Gasteiger partial charge in [-0.2, -0.15) is 9.97 Å². The zero-order valence-electron chi connectivity index (χ0n) is 27.0. The van der Waals surface area contributed by atoms with Gasteiger partial charge in [0, 0.05) is 38.4 Å². The van der Waals surface area contributed by atoms with E-state index in [2.05, 4.69) is 155 Å². The largest absolute Gasteiger partial charge is 0.309 e. The zero-order valence-corrected chi connectivity index (χ0v) is 27.0. The van der Waals surface area contributed by atoms with Crippen molar-refractivity contribution in [1.82, 2.24) is 24.1 Å². The summed E-state index contributed by atoms with van der Waals surface area (Å²) in [7, 11) is 0. The fourth-order valence-corrected chi connectivity index (χ4v) is 7.29. The Morgan fingerprint density at radius 2 is 0.800 bits per heavy atom. The normalized spacial score (nSPS) is 11.6. The fourth-order valence-electron chi connectivity index (χ4n) is 7.29. The first-order valence-corrected chi connectivity index (χ1v) is 16.8. The first-order valence-electron chi connectivity index (χ1n) is 16.8. The Morgan fingerprint density at radius 1 is 0.300 bits per heavy atom. The van der Waals surface area contributed by atoms with E-state index in [1.54, 1.807) is 0 Å². The maximum Gasteiger partial charge on any atom is 0.238 e. The van der Waals surface area contributed by atoms with Crippen molar-refractivity contribution < 1.29 is 0 Å². The Kier molecular flexibility index (Phi) is 6.42. The maximum atomic E-state index is 5.20. The average molecular weight is 640 g/mol. The lowest BCUT2D eigenvalue weighted by Gasteiger charge is -2.13. The molecule has 5 heteroatoms. The van der Waals surface area contributed by atoms with Gasteiger partial charge in [0.15, 0.2) is 11.6 Å². The highest BCUT2D eigenvalue weighted by Gasteiger charge is 2.19. The van der Waals surface area contributed by atoms with Crippen LogP contribution in [0.25, 0.3) is 89.2 Å². The Balaban J connectivity index is 1.19. The maximum absolute atomic E-state index is 5.20. The summed E-state index contributed by atoms with van der Waals surface area (Å²) in [6.07, 6.45) is 0. The van der Waals surface area contributed by atoms with Gasteiger partial charge in [0.25, 0.3) is 0 Å². The van der Waals surface area contributed by atoms with Crippen LogP contribution >= 0.6 is 0 Å². The Hall–Kier alpha value is -6.85. The van der Waals surface area contributed by atoms with E-state index in [-0.39, 0.29) is 0 Å². The molecular formula is C45H29N5. The van der Waals surface area contributed by atoms with Crippen LogP contribution in [0.15, 0.2) is 176 Å². The summed E-state index contributed by atoms with van der Waals surface area (Å²) in [6.45, 7) is 0. The van der Waals surface area contributed by atoms with Crippen molar-refractivity contribution in [2.75, 3.05) is 0 Å². The van der Waals surface area contributed by atoms with Crippen molar-refractivity contribution in [2.45, 2.75) is 0 Å². The molecule has 0 saturated carbocycles. The van der Waals surface area contributed by atoms with E-state index in [1.165, 1.54) is 21.9 Å². The number of aromatic nitrogens is 5. The molecule has 10 rings (SSSR count). The summed E-state index contributed by atoms with van der Waals surface area (Å²) >= 11 is 0. The SMILES string of the molecule is c1ccc(-c2ccc3c(c2)c2ccccc2n3-c2cccc(-c3nc(-c4ccccc4)nc(-n4c5ccccc5c5ccccc54)n3)c2)cc1. The predicted octanol–water partition coefficient (Wildman–Crippen LogP) is 11.1. The predicted molar refractivity (Wildman–Crippen MR) is 205 cm³/mol. The molecule has 3 aromatic heterocycles. The van der Waals surface area contributed by atoms with E-state index in [9.17, 15) is 0 Å². The highest BCUT2D eigenvalue weighted by atomic mass is 15.2. The quantitative estimate of drug-likeness (QED) is 0.188. The van der Waals surface area contributed by atoms with Crippen molar-refractivity contribution in [3.63, 3.8) is 0 Å². The van der Waals surface area contributed by atoms with Gasteiger partial charge in [-0.05, 0) is 53.6 Å². The van der Waals surface area contributed by atoms with E-state index in [0.717, 1.165) is 49.7 Å². The minimum atomic E-state index is 0.585. The van der Waals surface area contributed by atoms with E-state index in [0.29, 0.717) is 17.6 Å². The van der Waals surface area contributed by atoms with Gasteiger partial charge in [0.2, 0.25) is 5.95 Å². The van der Waals surface area contributed by atoms with Crippen LogP contribution in [0.5, 0.6) is 0 Å². The number of hydrogen-bond acceptors (Lipinski definition) is 3. The lowest BCUT2D eigenvalue weighted by molar-refractivity contribution is 0.953. The van der Waals surface area contributed by atoms with E-state index >= 15 is 0 Å². The smallest absolute Gasteiger partial charge is 0.238 e. The van der Waals surface area contributed by atoms with Crippen LogP contribution in [-0.2, 0) is 0 Å². The summed E-state index contributed by atoms with van der Waals surface area (Å²) in [5.41, 5.74) is 9.70. The number of nitrogens with zero attached hydrogens (tertiary/aromatic N) is 5. The third kappa shape index (κ3) is 4.52. The third-order valence-electron chi connectivity index (χ3n) is 9.58. The summed E-state index contributed by atoms with van der Waals surface area (Å²) in [5, 5.41) is 4.75. The fraction of sp³-hybridized carbons (Fsp3) is 0. The summed E-state index contributed by atoms with van der Waals surface area (Å²) in [6, 6.07) is 61.5. The molecule has 0 aliphatic carbocycles. The number of fused-ring (bicyclic) bond motifs is 6. The molecule has 0 fully saturated rings.